The molecule has 0 radical (unpaired) electrons. The normalized spacial score (nSPS) is 22.2. The monoisotopic (exact) mass is 258 g/mol. The molecule has 1 aromatic carbocycles. The topological polar surface area (TPSA) is 17.1 Å². The quantitative estimate of drug-likeness (QED) is 0.757. The van der Waals surface area contributed by atoms with Crippen LogP contribution in [-0.2, 0) is 10.2 Å². The number of carbonyl (C=O) groups is 1. The van der Waals surface area contributed by atoms with Gasteiger partial charge < -0.3 is 0 Å². The third kappa shape index (κ3) is 2.24. The fourth-order valence-corrected chi connectivity index (χ4v) is 3.44. The van der Waals surface area contributed by atoms with Gasteiger partial charge in [0.05, 0.1) is 0 Å². The highest BCUT2D eigenvalue weighted by Crippen LogP contribution is 2.54. The van der Waals surface area contributed by atoms with E-state index in [1.807, 2.05) is 0 Å². The van der Waals surface area contributed by atoms with Crippen molar-refractivity contribution < 1.29 is 4.79 Å². The van der Waals surface area contributed by atoms with E-state index in [0.717, 1.165) is 19.3 Å². The van der Waals surface area contributed by atoms with Crippen molar-refractivity contribution in [3.63, 3.8) is 0 Å². The Morgan fingerprint density at radius 3 is 2.00 bits per heavy atom. The molecule has 0 amide bonds. The lowest BCUT2D eigenvalue weighted by Gasteiger charge is -2.47. The molecule has 0 N–H and O–H groups in total. The van der Waals surface area contributed by atoms with E-state index in [9.17, 15) is 4.79 Å². The van der Waals surface area contributed by atoms with Crippen LogP contribution in [0.3, 0.4) is 0 Å². The minimum Gasteiger partial charge on any atom is -0.299 e. The SMILES string of the molecule is CCC1(CC)C(=O)CC1c1ccc(C(C)(C)C)cc1. The molecule has 1 aliphatic carbocycles. The molecule has 0 aromatic heterocycles. The molecule has 104 valence electrons. The predicted molar refractivity (Wildman–Crippen MR) is 80.5 cm³/mol. The maximum atomic E-state index is 12.0. The number of benzene rings is 1. The third-order valence-corrected chi connectivity index (χ3v) is 5.05. The van der Waals surface area contributed by atoms with Crippen LogP contribution in [0.5, 0.6) is 0 Å². The van der Waals surface area contributed by atoms with Gasteiger partial charge in [0.15, 0.2) is 0 Å². The minimum absolute atomic E-state index is 0.0801. The van der Waals surface area contributed by atoms with Gasteiger partial charge in [-0.15, -0.1) is 0 Å². The molecule has 1 atom stereocenters. The Morgan fingerprint density at radius 2 is 1.63 bits per heavy atom. The molecule has 1 nitrogen and oxygen atoms in total. The molecular weight excluding hydrogens is 232 g/mol. The van der Waals surface area contributed by atoms with Crippen LogP contribution in [0.25, 0.3) is 0 Å². The molecule has 1 aromatic rings. The summed E-state index contributed by atoms with van der Waals surface area (Å²) in [5.74, 6) is 0.895. The average Bonchev–Trinajstić information content (AvgIpc) is 2.37. The van der Waals surface area contributed by atoms with Crippen LogP contribution in [-0.4, -0.2) is 5.78 Å². The van der Waals surface area contributed by atoms with Crippen molar-refractivity contribution in [1.82, 2.24) is 0 Å². The number of ketones is 1. The number of hydrogen-bond donors (Lipinski definition) is 0. The smallest absolute Gasteiger partial charge is 0.140 e. The van der Waals surface area contributed by atoms with E-state index < -0.39 is 0 Å². The van der Waals surface area contributed by atoms with Crippen LogP contribution in [0.4, 0.5) is 0 Å². The van der Waals surface area contributed by atoms with E-state index in [2.05, 4.69) is 58.9 Å². The van der Waals surface area contributed by atoms with Gasteiger partial charge in [0, 0.05) is 17.8 Å². The Labute approximate surface area is 117 Å². The molecule has 0 bridgehead atoms. The average molecular weight is 258 g/mol. The first-order valence-electron chi connectivity index (χ1n) is 7.49. The maximum Gasteiger partial charge on any atom is 0.140 e. The molecule has 19 heavy (non-hydrogen) atoms. The fraction of sp³-hybridized carbons (Fsp3) is 0.611. The summed E-state index contributed by atoms with van der Waals surface area (Å²) in [6, 6.07) is 8.93. The van der Waals surface area contributed by atoms with Crippen molar-refractivity contribution in [3.8, 4) is 0 Å². The van der Waals surface area contributed by atoms with Gasteiger partial charge in [-0.25, -0.2) is 0 Å². The van der Waals surface area contributed by atoms with Crippen LogP contribution >= 0.6 is 0 Å². The molecule has 0 saturated heterocycles. The van der Waals surface area contributed by atoms with Gasteiger partial charge in [-0.3, -0.25) is 4.79 Å². The van der Waals surface area contributed by atoms with E-state index in [-0.39, 0.29) is 10.8 Å². The second-order valence-corrected chi connectivity index (χ2v) is 6.92. The van der Waals surface area contributed by atoms with Crippen molar-refractivity contribution in [2.24, 2.45) is 5.41 Å². The van der Waals surface area contributed by atoms with Crippen molar-refractivity contribution in [2.45, 2.75) is 65.2 Å². The van der Waals surface area contributed by atoms with E-state index in [1.165, 1.54) is 11.1 Å². The zero-order valence-corrected chi connectivity index (χ0v) is 12.9. The molecule has 0 spiro atoms. The summed E-state index contributed by atoms with van der Waals surface area (Å²) in [6.07, 6.45) is 2.67. The molecule has 0 heterocycles. The van der Waals surface area contributed by atoms with Crippen molar-refractivity contribution in [2.75, 3.05) is 0 Å². The zero-order chi connectivity index (χ0) is 14.3. The van der Waals surface area contributed by atoms with Gasteiger partial charge in [0.2, 0.25) is 0 Å². The molecular formula is C18H26O. The van der Waals surface area contributed by atoms with Gasteiger partial charge in [-0.1, -0.05) is 58.9 Å². The second-order valence-electron chi connectivity index (χ2n) is 6.92. The first kappa shape index (κ1) is 14.3. The van der Waals surface area contributed by atoms with Crippen molar-refractivity contribution in [1.29, 1.82) is 0 Å². The molecule has 1 aliphatic rings. The molecule has 0 aliphatic heterocycles. The summed E-state index contributed by atoms with van der Waals surface area (Å²) >= 11 is 0. The van der Waals surface area contributed by atoms with E-state index >= 15 is 0 Å². The minimum atomic E-state index is -0.0801. The number of rotatable bonds is 3. The van der Waals surface area contributed by atoms with Gasteiger partial charge in [0.25, 0.3) is 0 Å². The molecule has 1 heteroatoms. The van der Waals surface area contributed by atoms with Gasteiger partial charge in [-0.05, 0) is 29.4 Å². The van der Waals surface area contributed by atoms with Gasteiger partial charge >= 0.3 is 0 Å². The first-order valence-corrected chi connectivity index (χ1v) is 7.49. The molecule has 1 fully saturated rings. The summed E-state index contributed by atoms with van der Waals surface area (Å²) in [5.41, 5.74) is 2.82. The van der Waals surface area contributed by atoms with Crippen LogP contribution in [0.15, 0.2) is 24.3 Å². The highest BCUT2D eigenvalue weighted by molar-refractivity contribution is 5.93. The Kier molecular flexibility index (Phi) is 3.59. The first-order chi connectivity index (χ1) is 8.85. The van der Waals surface area contributed by atoms with E-state index in [4.69, 9.17) is 0 Å². The lowest BCUT2D eigenvalue weighted by molar-refractivity contribution is -0.141. The lowest BCUT2D eigenvalue weighted by atomic mass is 9.54. The molecule has 1 unspecified atom stereocenters. The summed E-state index contributed by atoms with van der Waals surface area (Å²) < 4.78 is 0. The third-order valence-electron chi connectivity index (χ3n) is 5.05. The Hall–Kier alpha value is -1.11. The van der Waals surface area contributed by atoms with Crippen LogP contribution in [0.2, 0.25) is 0 Å². The van der Waals surface area contributed by atoms with Gasteiger partial charge in [0.1, 0.15) is 5.78 Å². The van der Waals surface area contributed by atoms with Gasteiger partial charge in [-0.2, -0.15) is 0 Å². The van der Waals surface area contributed by atoms with Crippen LogP contribution in [0, 0.1) is 5.41 Å². The molecule has 1 saturated carbocycles. The summed E-state index contributed by atoms with van der Waals surface area (Å²) in [6.45, 7) is 11.0. The zero-order valence-electron chi connectivity index (χ0n) is 12.9. The fourth-order valence-electron chi connectivity index (χ4n) is 3.44. The summed E-state index contributed by atoms with van der Waals surface area (Å²) in [4.78, 5) is 12.0. The van der Waals surface area contributed by atoms with Crippen molar-refractivity contribution in [3.05, 3.63) is 35.4 Å². The summed E-state index contributed by atoms with van der Waals surface area (Å²) in [7, 11) is 0. The second kappa shape index (κ2) is 4.77. The lowest BCUT2D eigenvalue weighted by Crippen LogP contribution is -2.47. The summed E-state index contributed by atoms with van der Waals surface area (Å²) in [5, 5.41) is 0. The van der Waals surface area contributed by atoms with Crippen molar-refractivity contribution >= 4 is 5.78 Å². The Morgan fingerprint density at radius 1 is 1.11 bits per heavy atom. The molecule has 2 rings (SSSR count). The highest BCUT2D eigenvalue weighted by atomic mass is 16.1. The van der Waals surface area contributed by atoms with E-state index in [1.54, 1.807) is 0 Å². The van der Waals surface area contributed by atoms with Crippen LogP contribution < -0.4 is 0 Å². The van der Waals surface area contributed by atoms with Crippen LogP contribution in [0.1, 0.15) is 70.9 Å². The standard InChI is InChI=1S/C18H26O/c1-6-18(7-2)15(12-16(18)19)13-8-10-14(11-9-13)17(3,4)5/h8-11,15H,6-7,12H2,1-5H3. The number of hydrogen-bond acceptors (Lipinski definition) is 1. The predicted octanol–water partition coefficient (Wildman–Crippen LogP) is 4.85. The highest BCUT2D eigenvalue weighted by Gasteiger charge is 2.52. The largest absolute Gasteiger partial charge is 0.299 e. The Balaban J connectivity index is 2.27. The maximum absolute atomic E-state index is 12.0. The van der Waals surface area contributed by atoms with E-state index in [0.29, 0.717) is 11.7 Å². The number of carbonyl (C=O) groups excluding carboxylic acids is 1. The number of Topliss-reactive ketones (excluding diaryl/α,β-unsaturated/α-hetero) is 1. The Bertz CT molecular complexity index is 457.